The van der Waals surface area contributed by atoms with Gasteiger partial charge in [-0.1, -0.05) is 31.6 Å². The first-order valence-electron chi connectivity index (χ1n) is 10.8. The quantitative estimate of drug-likeness (QED) is 0.244. The number of anilines is 1. The lowest BCUT2D eigenvalue weighted by atomic mass is 10.1. The molecule has 0 aliphatic rings. The van der Waals surface area contributed by atoms with Crippen LogP contribution in [0.5, 0.6) is 0 Å². The molecule has 0 saturated heterocycles. The van der Waals surface area contributed by atoms with Crippen molar-refractivity contribution in [1.82, 2.24) is 24.4 Å². The van der Waals surface area contributed by atoms with Crippen LogP contribution in [0.2, 0.25) is 0 Å². The third kappa shape index (κ3) is 4.77. The first kappa shape index (κ1) is 24.4. The molecule has 0 aliphatic carbocycles. The van der Waals surface area contributed by atoms with Crippen molar-refractivity contribution in [2.24, 2.45) is 0 Å². The van der Waals surface area contributed by atoms with Crippen molar-refractivity contribution in [2.45, 2.75) is 18.7 Å². The summed E-state index contributed by atoms with van der Waals surface area (Å²) in [4.78, 5) is 10.6. The number of hydrogen-bond acceptors (Lipinski definition) is 4. The Balaban J connectivity index is 1.50. The van der Waals surface area contributed by atoms with Gasteiger partial charge in [0.25, 0.3) is 5.91 Å². The lowest BCUT2D eigenvalue weighted by molar-refractivity contribution is 0.102. The third-order valence-electron chi connectivity index (χ3n) is 5.75. The van der Waals surface area contributed by atoms with Gasteiger partial charge in [-0.05, 0) is 61.4 Å². The summed E-state index contributed by atoms with van der Waals surface area (Å²) >= 11 is 0. The number of aryl methyl sites for hydroxylation is 2. The number of nitrogens with zero attached hydrogens (tertiary/aromatic N) is 5. The molecule has 0 aliphatic heterocycles. The number of hydrogen-bond donors (Lipinski definition) is 1. The summed E-state index contributed by atoms with van der Waals surface area (Å²) in [5.74, 6) is -0.950. The number of benzene rings is 2. The van der Waals surface area contributed by atoms with Crippen LogP contribution < -0.4 is 5.32 Å². The molecule has 5 aromatic rings. The molecule has 0 radical (unpaired) electrons. The zero-order valence-electron chi connectivity index (χ0n) is 19.4. The van der Waals surface area contributed by atoms with Crippen molar-refractivity contribution < 1.29 is 24.2 Å². The Labute approximate surface area is 207 Å². The normalized spacial score (nSPS) is 13.8. The topological polar surface area (TPSA) is 77.1 Å². The maximum absolute atomic E-state index is 13.2. The maximum Gasteiger partial charge on any atom is 0.310 e. The minimum atomic E-state index is -9.93. The Kier molecular flexibility index (Phi) is 5.03. The molecule has 3 aromatic heterocycles. The highest BCUT2D eigenvalue weighted by molar-refractivity contribution is 8.45. The van der Waals surface area contributed by atoms with E-state index in [4.69, 9.17) is 0 Å². The van der Waals surface area contributed by atoms with Crippen molar-refractivity contribution in [3.63, 3.8) is 0 Å². The number of fused-ring (bicyclic) bond motifs is 1. The fourth-order valence-corrected chi connectivity index (χ4v) is 4.64. The molecule has 0 atom stereocenters. The molecule has 0 unspecified atom stereocenters. The van der Waals surface area contributed by atoms with Crippen molar-refractivity contribution in [3.8, 4) is 17.1 Å². The van der Waals surface area contributed by atoms with Gasteiger partial charge in [0.1, 0.15) is 21.9 Å². The molecule has 7 nitrogen and oxygen atoms in total. The highest BCUT2D eigenvalue weighted by Crippen LogP contribution is 3.02. The second kappa shape index (κ2) is 7.62. The van der Waals surface area contributed by atoms with Crippen LogP contribution >= 0.6 is 10.2 Å². The molecule has 2 aromatic carbocycles. The Morgan fingerprint density at radius 1 is 0.892 bits per heavy atom. The van der Waals surface area contributed by atoms with E-state index in [1.165, 1.54) is 0 Å². The number of amides is 1. The smallest absolute Gasteiger partial charge is 0.310 e. The Morgan fingerprint density at radius 3 is 2.38 bits per heavy atom. The molecule has 5 rings (SSSR count). The van der Waals surface area contributed by atoms with E-state index in [9.17, 15) is 24.2 Å². The van der Waals surface area contributed by atoms with Crippen molar-refractivity contribution in [2.75, 3.05) is 5.32 Å². The van der Waals surface area contributed by atoms with Gasteiger partial charge in [-0.25, -0.2) is 4.52 Å². The number of carbonyl (C=O) groups excluding carboxylic acids is 1. The number of nitrogens with one attached hydrogen (secondary N) is 1. The van der Waals surface area contributed by atoms with E-state index in [1.807, 2.05) is 17.6 Å². The molecule has 192 valence electrons. The van der Waals surface area contributed by atoms with Crippen LogP contribution in [0.1, 0.15) is 21.5 Å². The zero-order valence-corrected chi connectivity index (χ0v) is 20.2. The van der Waals surface area contributed by atoms with Crippen LogP contribution in [-0.4, -0.2) is 30.3 Å². The van der Waals surface area contributed by atoms with Crippen molar-refractivity contribution >= 4 is 27.5 Å². The van der Waals surface area contributed by atoms with Gasteiger partial charge < -0.3 is 5.32 Å². The second-order valence-corrected chi connectivity index (χ2v) is 10.9. The predicted molar refractivity (Wildman–Crippen MR) is 131 cm³/mol. The van der Waals surface area contributed by atoms with E-state index < -0.39 is 26.6 Å². The summed E-state index contributed by atoms with van der Waals surface area (Å²) in [6.45, 7) is 3.58. The molecule has 37 heavy (non-hydrogen) atoms. The molecule has 0 fully saturated rings. The third-order valence-corrected chi connectivity index (χ3v) is 6.89. The van der Waals surface area contributed by atoms with Gasteiger partial charge in [-0.15, -0.1) is 5.10 Å². The van der Waals surface area contributed by atoms with Crippen LogP contribution in [0.4, 0.5) is 25.1 Å². The Hall–Kier alpha value is -4.26. The second-order valence-electron chi connectivity index (χ2n) is 8.51. The lowest BCUT2D eigenvalue weighted by Gasteiger charge is -2.40. The van der Waals surface area contributed by atoms with Crippen LogP contribution in [0, 0.1) is 13.8 Å². The molecule has 1 N–H and O–H groups in total. The molecule has 3 heterocycles. The average molecular weight is 535 g/mol. The zero-order chi connectivity index (χ0) is 26.7. The summed E-state index contributed by atoms with van der Waals surface area (Å²) in [5.41, 5.74) is 3.79. The summed E-state index contributed by atoms with van der Waals surface area (Å²) in [6.07, 6.45) is 5.06. The minimum absolute atomic E-state index is 0.164. The first-order chi connectivity index (χ1) is 17.2. The van der Waals surface area contributed by atoms with Gasteiger partial charge in [-0.2, -0.15) is 10.2 Å². The van der Waals surface area contributed by atoms with Gasteiger partial charge in [0.05, 0.1) is 5.69 Å². The summed E-state index contributed by atoms with van der Waals surface area (Å²) < 4.78 is 69.6. The molecular formula is C24H19F5N6OS. The van der Waals surface area contributed by atoms with E-state index in [2.05, 4.69) is 20.6 Å². The average Bonchev–Trinajstić information content (AvgIpc) is 3.41. The van der Waals surface area contributed by atoms with Crippen molar-refractivity contribution in [1.29, 1.82) is 0 Å². The van der Waals surface area contributed by atoms with E-state index in [0.29, 0.717) is 34.0 Å². The monoisotopic (exact) mass is 534 g/mol. The van der Waals surface area contributed by atoms with E-state index in [0.717, 1.165) is 17.7 Å². The molecular weight excluding hydrogens is 515 g/mol. The SMILES string of the molecule is Cc1cc(C)c(-n2ccn3nc(-c4cccnn4)cc23)cc1NC(=O)c1cccc(S(F)(F)(F)(F)F)c1. The first-order valence-corrected chi connectivity index (χ1v) is 12.8. The lowest BCUT2D eigenvalue weighted by Crippen LogP contribution is -2.15. The number of imidazole rings is 1. The fourth-order valence-electron chi connectivity index (χ4n) is 3.95. The van der Waals surface area contributed by atoms with Crippen molar-refractivity contribution in [3.05, 3.63) is 89.9 Å². The fraction of sp³-hybridized carbons (Fsp3) is 0.0833. The van der Waals surface area contributed by atoms with Crippen LogP contribution in [0.15, 0.2) is 78.1 Å². The molecule has 1 amide bonds. The van der Waals surface area contributed by atoms with Gasteiger partial charge >= 0.3 is 10.2 Å². The number of aromatic nitrogens is 5. The van der Waals surface area contributed by atoms with Crippen LogP contribution in [0.3, 0.4) is 0 Å². The van der Waals surface area contributed by atoms with Gasteiger partial charge in [0.2, 0.25) is 0 Å². The molecule has 0 bridgehead atoms. The highest BCUT2D eigenvalue weighted by atomic mass is 32.5. The molecule has 0 spiro atoms. The van der Waals surface area contributed by atoms with Gasteiger partial charge in [0, 0.05) is 35.9 Å². The van der Waals surface area contributed by atoms with Gasteiger partial charge in [0.15, 0.2) is 0 Å². The van der Waals surface area contributed by atoms with Crippen LogP contribution in [-0.2, 0) is 0 Å². The van der Waals surface area contributed by atoms with Crippen LogP contribution in [0.25, 0.3) is 22.7 Å². The summed E-state index contributed by atoms with van der Waals surface area (Å²) in [5, 5.41) is 15.0. The standard InChI is InChI=1S/C24H19F5N6OS/c1-15-11-16(2)22(34-9-10-35-23(34)14-21(33-35)19-7-4-8-30-32-19)13-20(15)31-24(36)17-5-3-6-18(12-17)37(25,26,27,28)29/h3-14H,1-2H3,(H,31,36). The number of rotatable bonds is 5. The number of halogens is 5. The summed E-state index contributed by atoms with van der Waals surface area (Å²) in [7, 11) is -9.93. The van der Waals surface area contributed by atoms with Gasteiger partial charge in [-0.3, -0.25) is 9.36 Å². The molecule has 0 saturated carbocycles. The predicted octanol–water partition coefficient (Wildman–Crippen LogP) is 7.11. The Bertz CT molecular complexity index is 1680. The van der Waals surface area contributed by atoms with E-state index in [1.54, 1.807) is 54.3 Å². The van der Waals surface area contributed by atoms with E-state index >= 15 is 0 Å². The maximum atomic E-state index is 13.2. The molecule has 13 heteroatoms. The largest absolute Gasteiger partial charge is 0.322 e. The highest BCUT2D eigenvalue weighted by Gasteiger charge is 2.65. The van der Waals surface area contributed by atoms with E-state index in [-0.39, 0.29) is 12.1 Å². The Morgan fingerprint density at radius 2 is 1.68 bits per heavy atom. The number of carbonyl (C=O) groups is 1. The minimum Gasteiger partial charge on any atom is -0.322 e. The summed E-state index contributed by atoms with van der Waals surface area (Å²) in [6, 6.07) is 11.0.